The highest BCUT2D eigenvalue weighted by Crippen LogP contribution is 2.10. The zero-order valence-electron chi connectivity index (χ0n) is 12.4. The number of esters is 1. The summed E-state index contributed by atoms with van der Waals surface area (Å²) in [6.45, 7) is 3.35. The van der Waals surface area contributed by atoms with Gasteiger partial charge in [-0.25, -0.2) is 4.98 Å². The number of rotatable bonds is 8. The van der Waals surface area contributed by atoms with Gasteiger partial charge < -0.3 is 15.4 Å². The van der Waals surface area contributed by atoms with E-state index in [9.17, 15) is 14.4 Å². The van der Waals surface area contributed by atoms with Crippen LogP contribution in [0.3, 0.4) is 0 Å². The number of amides is 2. The van der Waals surface area contributed by atoms with Crippen molar-refractivity contribution in [2.45, 2.75) is 25.7 Å². The number of nitrogens with zero attached hydrogens (tertiary/aromatic N) is 1. The lowest BCUT2D eigenvalue weighted by Crippen LogP contribution is -2.14. The van der Waals surface area contributed by atoms with Gasteiger partial charge in [-0.1, -0.05) is 12.6 Å². The molecule has 7 nitrogen and oxygen atoms in total. The fourth-order valence-electron chi connectivity index (χ4n) is 1.61. The summed E-state index contributed by atoms with van der Waals surface area (Å²) in [5, 5.41) is 5.14. The molecule has 2 N–H and O–H groups in total. The third kappa shape index (κ3) is 6.65. The Morgan fingerprint density at radius 3 is 2.45 bits per heavy atom. The second-order valence-corrected chi connectivity index (χ2v) is 4.43. The molecule has 0 aromatic carbocycles. The molecule has 1 aromatic heterocycles. The van der Waals surface area contributed by atoms with Crippen molar-refractivity contribution >= 4 is 29.4 Å². The number of carbonyl (C=O) groups excluding carboxylic acids is 3. The van der Waals surface area contributed by atoms with Gasteiger partial charge in [0.2, 0.25) is 11.8 Å². The summed E-state index contributed by atoms with van der Waals surface area (Å²) in [4.78, 5) is 37.9. The van der Waals surface area contributed by atoms with E-state index in [0.29, 0.717) is 30.9 Å². The minimum atomic E-state index is -0.376. The van der Waals surface area contributed by atoms with Crippen molar-refractivity contribution < 1.29 is 19.1 Å². The van der Waals surface area contributed by atoms with E-state index in [1.54, 1.807) is 18.2 Å². The van der Waals surface area contributed by atoms with E-state index in [1.807, 2.05) is 0 Å². The molecule has 0 aliphatic heterocycles. The number of anilines is 2. The lowest BCUT2D eigenvalue weighted by Gasteiger charge is -2.06. The van der Waals surface area contributed by atoms with Crippen LogP contribution in [-0.4, -0.2) is 29.9 Å². The van der Waals surface area contributed by atoms with E-state index in [4.69, 9.17) is 0 Å². The third-order valence-corrected chi connectivity index (χ3v) is 2.72. The number of hydrogen-bond acceptors (Lipinski definition) is 5. The first kappa shape index (κ1) is 17.4. The van der Waals surface area contributed by atoms with Gasteiger partial charge in [0, 0.05) is 12.8 Å². The first-order chi connectivity index (χ1) is 10.5. The molecule has 0 saturated heterocycles. The molecule has 1 rings (SSSR count). The van der Waals surface area contributed by atoms with Gasteiger partial charge in [-0.2, -0.15) is 0 Å². The van der Waals surface area contributed by atoms with E-state index in [0.717, 1.165) is 6.08 Å². The number of unbranched alkanes of at least 4 members (excludes halogenated alkanes) is 1. The molecule has 1 aromatic rings. The van der Waals surface area contributed by atoms with Crippen molar-refractivity contribution in [2.75, 3.05) is 17.7 Å². The summed E-state index contributed by atoms with van der Waals surface area (Å²) in [5.74, 6) is -0.190. The van der Waals surface area contributed by atoms with E-state index in [2.05, 4.69) is 26.9 Å². The lowest BCUT2D eigenvalue weighted by atomic mass is 10.2. The number of hydrogen-bond donors (Lipinski definition) is 2. The number of pyridine rings is 1. The molecule has 118 valence electrons. The zero-order chi connectivity index (χ0) is 16.4. The molecule has 0 radical (unpaired) electrons. The maximum atomic E-state index is 11.7. The fraction of sp³-hybridized carbons (Fsp3) is 0.333. The molecule has 7 heteroatoms. The molecule has 0 aliphatic carbocycles. The average molecular weight is 305 g/mol. The summed E-state index contributed by atoms with van der Waals surface area (Å²) >= 11 is 0. The van der Waals surface area contributed by atoms with Crippen LogP contribution in [0.5, 0.6) is 0 Å². The van der Waals surface area contributed by atoms with Gasteiger partial charge in [-0.05, 0) is 31.1 Å². The van der Waals surface area contributed by atoms with E-state index < -0.39 is 0 Å². The molecule has 0 fully saturated rings. The summed E-state index contributed by atoms with van der Waals surface area (Å²) in [5.41, 5.74) is 0. The van der Waals surface area contributed by atoms with Crippen molar-refractivity contribution in [1.29, 1.82) is 0 Å². The Balaban J connectivity index is 2.41. The van der Waals surface area contributed by atoms with Crippen LogP contribution in [0.4, 0.5) is 11.6 Å². The zero-order valence-corrected chi connectivity index (χ0v) is 12.4. The summed E-state index contributed by atoms with van der Waals surface area (Å²) in [6, 6.07) is 4.89. The smallest absolute Gasteiger partial charge is 0.305 e. The molecule has 0 bridgehead atoms. The van der Waals surface area contributed by atoms with E-state index >= 15 is 0 Å². The predicted octanol–water partition coefficient (Wildman–Crippen LogP) is 1.88. The third-order valence-electron chi connectivity index (χ3n) is 2.72. The Kier molecular flexibility index (Phi) is 7.32. The van der Waals surface area contributed by atoms with Crippen LogP contribution >= 0.6 is 0 Å². The van der Waals surface area contributed by atoms with Crippen LogP contribution in [0, 0.1) is 0 Å². The molecule has 0 saturated carbocycles. The van der Waals surface area contributed by atoms with Crippen LogP contribution in [0.1, 0.15) is 25.7 Å². The van der Waals surface area contributed by atoms with Gasteiger partial charge in [0.25, 0.3) is 0 Å². The summed E-state index contributed by atoms with van der Waals surface area (Å²) < 4.78 is 4.52. The van der Waals surface area contributed by atoms with Gasteiger partial charge in [-0.15, -0.1) is 0 Å². The highest BCUT2D eigenvalue weighted by Gasteiger charge is 2.06. The Labute approximate surface area is 128 Å². The van der Waals surface area contributed by atoms with Crippen molar-refractivity contribution in [3.8, 4) is 0 Å². The van der Waals surface area contributed by atoms with Gasteiger partial charge in [-0.3, -0.25) is 14.4 Å². The van der Waals surface area contributed by atoms with Crippen LogP contribution in [0.2, 0.25) is 0 Å². The first-order valence-electron chi connectivity index (χ1n) is 6.82. The second kappa shape index (κ2) is 9.28. The number of nitrogens with one attached hydrogen (secondary N) is 2. The Hall–Kier alpha value is -2.70. The minimum absolute atomic E-state index is 0.204. The van der Waals surface area contributed by atoms with Crippen LogP contribution in [0.25, 0.3) is 0 Å². The highest BCUT2D eigenvalue weighted by atomic mass is 16.5. The van der Waals surface area contributed by atoms with Gasteiger partial charge in [0.05, 0.1) is 7.11 Å². The maximum Gasteiger partial charge on any atom is 0.305 e. The van der Waals surface area contributed by atoms with Crippen molar-refractivity contribution in [3.05, 3.63) is 30.9 Å². The molecule has 2 amide bonds. The molecule has 0 unspecified atom stereocenters. The molecule has 0 spiro atoms. The number of aromatic nitrogens is 1. The predicted molar refractivity (Wildman–Crippen MR) is 82.2 cm³/mol. The number of ether oxygens (including phenoxy) is 1. The molecular weight excluding hydrogens is 286 g/mol. The van der Waals surface area contributed by atoms with Crippen molar-refractivity contribution in [2.24, 2.45) is 0 Å². The monoisotopic (exact) mass is 305 g/mol. The highest BCUT2D eigenvalue weighted by molar-refractivity contribution is 5.98. The second-order valence-electron chi connectivity index (χ2n) is 4.43. The minimum Gasteiger partial charge on any atom is -0.469 e. The van der Waals surface area contributed by atoms with Crippen LogP contribution in [-0.2, 0) is 19.1 Å². The Morgan fingerprint density at radius 1 is 1.18 bits per heavy atom. The van der Waals surface area contributed by atoms with Gasteiger partial charge in [0.1, 0.15) is 11.6 Å². The SMILES string of the molecule is C=CC(=O)Nc1cccc(NC(=O)CCCCC(=O)OC)n1. The quantitative estimate of drug-likeness (QED) is 0.434. The molecule has 1 heterocycles. The van der Waals surface area contributed by atoms with Crippen molar-refractivity contribution in [1.82, 2.24) is 4.98 Å². The van der Waals surface area contributed by atoms with E-state index in [1.165, 1.54) is 7.11 Å². The largest absolute Gasteiger partial charge is 0.469 e. The summed E-state index contributed by atoms with van der Waals surface area (Å²) in [7, 11) is 1.33. The normalized spacial score (nSPS) is 9.68. The van der Waals surface area contributed by atoms with E-state index in [-0.39, 0.29) is 24.2 Å². The summed E-state index contributed by atoms with van der Waals surface area (Å²) in [6.07, 6.45) is 2.87. The van der Waals surface area contributed by atoms with Gasteiger partial charge >= 0.3 is 5.97 Å². The first-order valence-corrected chi connectivity index (χ1v) is 6.82. The maximum absolute atomic E-state index is 11.7. The molecule has 22 heavy (non-hydrogen) atoms. The molecule has 0 atom stereocenters. The lowest BCUT2D eigenvalue weighted by molar-refractivity contribution is -0.140. The standard InChI is InChI=1S/C15H19N3O4/c1-3-13(19)17-11-7-6-8-12(16-11)18-14(20)9-4-5-10-15(21)22-2/h3,6-8H,1,4-5,9-10H2,2H3,(H2,16,17,18,19,20). The number of methoxy groups -OCH3 is 1. The van der Waals surface area contributed by atoms with Crippen molar-refractivity contribution in [3.63, 3.8) is 0 Å². The van der Waals surface area contributed by atoms with Crippen LogP contribution in [0.15, 0.2) is 30.9 Å². The average Bonchev–Trinajstić information content (AvgIpc) is 2.51. The Morgan fingerprint density at radius 2 is 1.82 bits per heavy atom. The topological polar surface area (TPSA) is 97.4 Å². The van der Waals surface area contributed by atoms with Crippen LogP contribution < -0.4 is 10.6 Å². The Bertz CT molecular complexity index is 557. The number of carbonyl (C=O) groups is 3. The van der Waals surface area contributed by atoms with Gasteiger partial charge in [0.15, 0.2) is 0 Å². The molecular formula is C15H19N3O4. The molecule has 0 aliphatic rings. The fourth-order valence-corrected chi connectivity index (χ4v) is 1.61.